The maximum Gasteiger partial charge on any atom is 0.325 e. The van der Waals surface area contributed by atoms with Crippen LogP contribution in [-0.4, -0.2) is 50.8 Å². The Morgan fingerprint density at radius 2 is 1.14 bits per heavy atom. The van der Waals surface area contributed by atoms with Crippen LogP contribution in [-0.2, 0) is 38.1 Å². The molecule has 0 aliphatic rings. The number of hydrogen-bond acceptors (Lipinski definition) is 8. The second-order valence-electron chi connectivity index (χ2n) is 5.58. The molecule has 22 heavy (non-hydrogen) atoms. The maximum absolute atomic E-state index is 12.4. The topological polar surface area (TPSA) is 105 Å². The molecule has 126 valence electrons. The second kappa shape index (κ2) is 7.77. The average Bonchev–Trinajstić information content (AvgIpc) is 2.43. The Morgan fingerprint density at radius 3 is 1.41 bits per heavy atom. The molecule has 0 spiro atoms. The summed E-state index contributed by atoms with van der Waals surface area (Å²) in [7, 11) is 3.23. The van der Waals surface area contributed by atoms with Crippen LogP contribution >= 0.6 is 0 Å². The lowest BCUT2D eigenvalue weighted by molar-refractivity contribution is -0.185. The SMILES string of the molecule is COC(=O)CC(CC(=O)OC)(C(=O)OC)C(=O)OC(C)(C)C. The third-order valence-corrected chi connectivity index (χ3v) is 2.71. The van der Waals surface area contributed by atoms with Gasteiger partial charge in [-0.15, -0.1) is 0 Å². The highest BCUT2D eigenvalue weighted by Crippen LogP contribution is 2.33. The van der Waals surface area contributed by atoms with E-state index in [0.29, 0.717) is 0 Å². The molecule has 0 aromatic carbocycles. The number of esters is 4. The van der Waals surface area contributed by atoms with Gasteiger partial charge in [-0.3, -0.25) is 19.2 Å². The Kier molecular flexibility index (Phi) is 7.02. The van der Waals surface area contributed by atoms with Crippen molar-refractivity contribution in [2.24, 2.45) is 5.41 Å². The zero-order chi connectivity index (χ0) is 17.6. The zero-order valence-corrected chi connectivity index (χ0v) is 13.7. The number of carbonyl (C=O) groups excluding carboxylic acids is 4. The monoisotopic (exact) mass is 318 g/mol. The summed E-state index contributed by atoms with van der Waals surface area (Å²) >= 11 is 0. The largest absolute Gasteiger partial charge is 0.469 e. The van der Waals surface area contributed by atoms with Crippen LogP contribution in [0.3, 0.4) is 0 Å². The van der Waals surface area contributed by atoms with Crippen molar-refractivity contribution in [3.8, 4) is 0 Å². The normalized spacial score (nSPS) is 11.4. The molecular formula is C14H22O8. The molecule has 0 atom stereocenters. The molecule has 0 fully saturated rings. The van der Waals surface area contributed by atoms with Gasteiger partial charge in [-0.2, -0.15) is 0 Å². The molecule has 0 aromatic heterocycles. The van der Waals surface area contributed by atoms with E-state index < -0.39 is 47.7 Å². The van der Waals surface area contributed by atoms with Crippen molar-refractivity contribution in [2.75, 3.05) is 21.3 Å². The highest BCUT2D eigenvalue weighted by Gasteiger charge is 2.53. The van der Waals surface area contributed by atoms with Gasteiger partial charge in [0.15, 0.2) is 5.41 Å². The van der Waals surface area contributed by atoms with Crippen molar-refractivity contribution < 1.29 is 38.1 Å². The summed E-state index contributed by atoms with van der Waals surface area (Å²) in [6.07, 6.45) is -1.39. The van der Waals surface area contributed by atoms with Crippen LogP contribution in [0.1, 0.15) is 33.6 Å². The summed E-state index contributed by atoms with van der Waals surface area (Å²) in [4.78, 5) is 47.8. The highest BCUT2D eigenvalue weighted by molar-refractivity contribution is 6.05. The Bertz CT molecular complexity index is 428. The summed E-state index contributed by atoms with van der Waals surface area (Å²) in [6, 6.07) is 0. The second-order valence-corrected chi connectivity index (χ2v) is 5.58. The van der Waals surface area contributed by atoms with Crippen LogP contribution in [0, 0.1) is 5.41 Å². The molecule has 8 nitrogen and oxygen atoms in total. The smallest absolute Gasteiger partial charge is 0.325 e. The fraction of sp³-hybridized carbons (Fsp3) is 0.714. The molecule has 0 radical (unpaired) electrons. The Balaban J connectivity index is 5.82. The van der Waals surface area contributed by atoms with Crippen molar-refractivity contribution in [1.29, 1.82) is 0 Å². The lowest BCUT2D eigenvalue weighted by Gasteiger charge is -2.30. The predicted molar refractivity (Wildman–Crippen MR) is 73.6 cm³/mol. The van der Waals surface area contributed by atoms with Gasteiger partial charge >= 0.3 is 23.9 Å². The van der Waals surface area contributed by atoms with E-state index in [9.17, 15) is 19.2 Å². The van der Waals surface area contributed by atoms with E-state index in [1.807, 2.05) is 0 Å². The molecule has 0 amide bonds. The first-order chi connectivity index (χ1) is 10.0. The molecular weight excluding hydrogens is 296 g/mol. The quantitative estimate of drug-likeness (QED) is 0.398. The maximum atomic E-state index is 12.4. The van der Waals surface area contributed by atoms with E-state index in [2.05, 4.69) is 14.2 Å². The standard InChI is InChI=1S/C14H22O8/c1-13(2,3)22-12(18)14(11(17)21-6,7-9(15)19-4)8-10(16)20-5/h7-8H2,1-6H3. The first-order valence-electron chi connectivity index (χ1n) is 6.48. The highest BCUT2D eigenvalue weighted by atomic mass is 16.6. The average molecular weight is 318 g/mol. The van der Waals surface area contributed by atoms with Crippen LogP contribution in [0.25, 0.3) is 0 Å². The molecule has 0 saturated carbocycles. The molecule has 0 saturated heterocycles. The number of hydrogen-bond donors (Lipinski definition) is 0. The zero-order valence-electron chi connectivity index (χ0n) is 13.7. The first kappa shape index (κ1) is 19.9. The minimum absolute atomic E-state index is 0.694. The minimum Gasteiger partial charge on any atom is -0.469 e. The lowest BCUT2D eigenvalue weighted by Crippen LogP contribution is -2.47. The van der Waals surface area contributed by atoms with Crippen molar-refractivity contribution >= 4 is 23.9 Å². The van der Waals surface area contributed by atoms with Crippen molar-refractivity contribution in [1.82, 2.24) is 0 Å². The molecule has 0 N–H and O–H groups in total. The number of carbonyl (C=O) groups is 4. The third-order valence-electron chi connectivity index (χ3n) is 2.71. The van der Waals surface area contributed by atoms with Crippen LogP contribution in [0.4, 0.5) is 0 Å². The van der Waals surface area contributed by atoms with Gasteiger partial charge in [-0.1, -0.05) is 0 Å². The van der Waals surface area contributed by atoms with E-state index in [1.165, 1.54) is 0 Å². The summed E-state index contributed by atoms with van der Waals surface area (Å²) in [6.45, 7) is 4.76. The van der Waals surface area contributed by atoms with Crippen molar-refractivity contribution in [3.05, 3.63) is 0 Å². The van der Waals surface area contributed by atoms with Gasteiger partial charge in [0.25, 0.3) is 0 Å². The van der Waals surface area contributed by atoms with Crippen LogP contribution in [0.2, 0.25) is 0 Å². The van der Waals surface area contributed by atoms with Gasteiger partial charge < -0.3 is 18.9 Å². The third kappa shape index (κ3) is 5.34. The molecule has 0 aliphatic heterocycles. The number of methoxy groups -OCH3 is 3. The van der Waals surface area contributed by atoms with Crippen LogP contribution in [0.15, 0.2) is 0 Å². The van der Waals surface area contributed by atoms with Crippen LogP contribution in [0.5, 0.6) is 0 Å². The molecule has 0 aliphatic carbocycles. The summed E-state index contributed by atoms with van der Waals surface area (Å²) in [5, 5.41) is 0. The van der Waals surface area contributed by atoms with Gasteiger partial charge in [0.1, 0.15) is 5.60 Å². The first-order valence-corrected chi connectivity index (χ1v) is 6.48. The van der Waals surface area contributed by atoms with Gasteiger partial charge in [0, 0.05) is 0 Å². The van der Waals surface area contributed by atoms with E-state index in [-0.39, 0.29) is 0 Å². The van der Waals surface area contributed by atoms with Crippen molar-refractivity contribution in [3.63, 3.8) is 0 Å². The van der Waals surface area contributed by atoms with Crippen LogP contribution < -0.4 is 0 Å². The fourth-order valence-corrected chi connectivity index (χ4v) is 1.64. The van der Waals surface area contributed by atoms with E-state index >= 15 is 0 Å². The number of ether oxygens (including phenoxy) is 4. The molecule has 0 unspecified atom stereocenters. The number of rotatable bonds is 6. The molecule has 0 heterocycles. The van der Waals surface area contributed by atoms with Gasteiger partial charge in [-0.25, -0.2) is 0 Å². The summed E-state index contributed by atoms with van der Waals surface area (Å²) in [5.41, 5.74) is -3.08. The summed E-state index contributed by atoms with van der Waals surface area (Å²) < 4.78 is 18.7. The Labute approximate surface area is 129 Å². The van der Waals surface area contributed by atoms with E-state index in [0.717, 1.165) is 21.3 Å². The van der Waals surface area contributed by atoms with Gasteiger partial charge in [0.2, 0.25) is 0 Å². The fourth-order valence-electron chi connectivity index (χ4n) is 1.64. The molecule has 0 bridgehead atoms. The summed E-state index contributed by atoms with van der Waals surface area (Å²) in [5.74, 6) is -3.85. The van der Waals surface area contributed by atoms with E-state index in [1.54, 1.807) is 20.8 Å². The molecule has 0 aromatic rings. The predicted octanol–water partition coefficient (Wildman–Crippen LogP) is 0.614. The Morgan fingerprint density at radius 1 is 0.727 bits per heavy atom. The van der Waals surface area contributed by atoms with Gasteiger partial charge in [-0.05, 0) is 20.8 Å². The van der Waals surface area contributed by atoms with Gasteiger partial charge in [0.05, 0.1) is 34.2 Å². The molecule has 8 heteroatoms. The minimum atomic E-state index is -2.15. The Hall–Kier alpha value is -2.12. The van der Waals surface area contributed by atoms with Crippen molar-refractivity contribution in [2.45, 2.75) is 39.2 Å². The van der Waals surface area contributed by atoms with E-state index in [4.69, 9.17) is 4.74 Å². The molecule has 0 rings (SSSR count). The lowest BCUT2D eigenvalue weighted by atomic mass is 9.80.